The van der Waals surface area contributed by atoms with Gasteiger partial charge in [0.1, 0.15) is 0 Å². The molecular formula is C11H23N3. The standard InChI is InChI=1S/C11H23N3/c1-9(2)11(13)6-4-5-7-14-8-10(3)12/h8,11,14H,1,4-7,12-13H2,2-3H3/b10-8-. The van der Waals surface area contributed by atoms with Gasteiger partial charge in [-0.15, -0.1) is 0 Å². The molecule has 0 aromatic rings. The minimum atomic E-state index is 0.154. The first-order chi connectivity index (χ1) is 6.54. The minimum Gasteiger partial charge on any atom is -0.401 e. The van der Waals surface area contributed by atoms with Crippen molar-refractivity contribution in [2.24, 2.45) is 11.5 Å². The van der Waals surface area contributed by atoms with Gasteiger partial charge in [-0.3, -0.25) is 0 Å². The van der Waals surface area contributed by atoms with Crippen molar-refractivity contribution in [3.05, 3.63) is 24.0 Å². The molecule has 3 nitrogen and oxygen atoms in total. The lowest BCUT2D eigenvalue weighted by Crippen LogP contribution is -2.21. The summed E-state index contributed by atoms with van der Waals surface area (Å²) in [6, 6.07) is 0.154. The van der Waals surface area contributed by atoms with Crippen LogP contribution in [0.15, 0.2) is 24.0 Å². The first-order valence-corrected chi connectivity index (χ1v) is 5.10. The van der Waals surface area contributed by atoms with Crippen molar-refractivity contribution < 1.29 is 0 Å². The number of unbranched alkanes of at least 4 members (excludes halogenated alkanes) is 1. The van der Waals surface area contributed by atoms with Gasteiger partial charge >= 0.3 is 0 Å². The highest BCUT2D eigenvalue weighted by Crippen LogP contribution is 2.04. The zero-order chi connectivity index (χ0) is 11.0. The van der Waals surface area contributed by atoms with E-state index in [9.17, 15) is 0 Å². The van der Waals surface area contributed by atoms with E-state index in [2.05, 4.69) is 11.9 Å². The van der Waals surface area contributed by atoms with Gasteiger partial charge in [0.25, 0.3) is 0 Å². The number of hydrogen-bond donors (Lipinski definition) is 3. The highest BCUT2D eigenvalue weighted by atomic mass is 14.8. The Bertz CT molecular complexity index is 193. The molecule has 0 spiro atoms. The maximum absolute atomic E-state index is 5.83. The maximum atomic E-state index is 5.83. The molecule has 5 N–H and O–H groups in total. The Morgan fingerprint density at radius 1 is 1.43 bits per heavy atom. The number of rotatable bonds is 7. The van der Waals surface area contributed by atoms with E-state index in [1.54, 1.807) is 0 Å². The summed E-state index contributed by atoms with van der Waals surface area (Å²) < 4.78 is 0. The molecule has 0 aliphatic carbocycles. The van der Waals surface area contributed by atoms with Gasteiger partial charge in [-0.05, 0) is 33.1 Å². The predicted molar refractivity (Wildman–Crippen MR) is 62.6 cm³/mol. The monoisotopic (exact) mass is 197 g/mol. The summed E-state index contributed by atoms with van der Waals surface area (Å²) in [4.78, 5) is 0. The van der Waals surface area contributed by atoms with E-state index in [0.717, 1.165) is 37.1 Å². The zero-order valence-corrected chi connectivity index (χ0v) is 9.34. The molecule has 0 heterocycles. The van der Waals surface area contributed by atoms with Crippen molar-refractivity contribution in [3.63, 3.8) is 0 Å². The van der Waals surface area contributed by atoms with Crippen molar-refractivity contribution >= 4 is 0 Å². The molecule has 14 heavy (non-hydrogen) atoms. The average molecular weight is 197 g/mol. The van der Waals surface area contributed by atoms with E-state index in [1.165, 1.54) is 0 Å². The minimum absolute atomic E-state index is 0.154. The predicted octanol–water partition coefficient (Wildman–Crippen LogP) is 1.47. The molecule has 0 saturated heterocycles. The lowest BCUT2D eigenvalue weighted by Gasteiger charge is -2.10. The van der Waals surface area contributed by atoms with E-state index in [4.69, 9.17) is 11.5 Å². The van der Waals surface area contributed by atoms with Gasteiger partial charge in [-0.1, -0.05) is 12.2 Å². The summed E-state index contributed by atoms with van der Waals surface area (Å²) in [5.41, 5.74) is 13.2. The quantitative estimate of drug-likeness (QED) is 0.428. The third-order valence-electron chi connectivity index (χ3n) is 2.05. The molecular weight excluding hydrogens is 174 g/mol. The van der Waals surface area contributed by atoms with E-state index in [0.29, 0.717) is 0 Å². The van der Waals surface area contributed by atoms with Crippen molar-refractivity contribution in [1.82, 2.24) is 5.32 Å². The third-order valence-corrected chi connectivity index (χ3v) is 2.05. The lowest BCUT2D eigenvalue weighted by atomic mass is 10.1. The second-order valence-corrected chi connectivity index (χ2v) is 3.79. The molecule has 1 atom stereocenters. The molecule has 0 aromatic heterocycles. The first-order valence-electron chi connectivity index (χ1n) is 5.10. The summed E-state index contributed by atoms with van der Waals surface area (Å²) in [5, 5.41) is 3.14. The van der Waals surface area contributed by atoms with E-state index in [1.807, 2.05) is 20.0 Å². The molecule has 0 radical (unpaired) electrons. The fraction of sp³-hybridized carbons (Fsp3) is 0.636. The molecule has 0 saturated carbocycles. The number of nitrogens with one attached hydrogen (secondary N) is 1. The molecule has 0 aliphatic heterocycles. The van der Waals surface area contributed by atoms with Gasteiger partial charge < -0.3 is 16.8 Å². The topological polar surface area (TPSA) is 64.1 Å². The van der Waals surface area contributed by atoms with Crippen LogP contribution in [0.2, 0.25) is 0 Å². The van der Waals surface area contributed by atoms with Crippen LogP contribution in [0.4, 0.5) is 0 Å². The van der Waals surface area contributed by atoms with Crippen molar-refractivity contribution in [2.45, 2.75) is 39.2 Å². The lowest BCUT2D eigenvalue weighted by molar-refractivity contribution is 0.601. The largest absolute Gasteiger partial charge is 0.401 e. The van der Waals surface area contributed by atoms with E-state index in [-0.39, 0.29) is 6.04 Å². The van der Waals surface area contributed by atoms with Gasteiger partial charge in [0, 0.05) is 24.5 Å². The fourth-order valence-electron chi connectivity index (χ4n) is 1.07. The molecule has 82 valence electrons. The van der Waals surface area contributed by atoms with Crippen molar-refractivity contribution in [3.8, 4) is 0 Å². The van der Waals surface area contributed by atoms with Crippen LogP contribution in [0.1, 0.15) is 33.1 Å². The first kappa shape index (κ1) is 13.0. The Kier molecular flexibility index (Phi) is 6.93. The van der Waals surface area contributed by atoms with Crippen molar-refractivity contribution in [2.75, 3.05) is 6.54 Å². The summed E-state index contributed by atoms with van der Waals surface area (Å²) in [6.45, 7) is 8.62. The van der Waals surface area contributed by atoms with Crippen molar-refractivity contribution in [1.29, 1.82) is 0 Å². The zero-order valence-electron chi connectivity index (χ0n) is 9.34. The van der Waals surface area contributed by atoms with Crippen LogP contribution in [0, 0.1) is 0 Å². The van der Waals surface area contributed by atoms with E-state index < -0.39 is 0 Å². The SMILES string of the molecule is C=C(C)C(N)CCCCN/C=C(/C)N. The fourth-order valence-corrected chi connectivity index (χ4v) is 1.07. The number of hydrogen-bond acceptors (Lipinski definition) is 3. The summed E-state index contributed by atoms with van der Waals surface area (Å²) >= 11 is 0. The molecule has 0 fully saturated rings. The molecule has 0 rings (SSSR count). The molecule has 0 bridgehead atoms. The maximum Gasteiger partial charge on any atom is 0.0248 e. The van der Waals surface area contributed by atoms with Crippen LogP contribution in [0.5, 0.6) is 0 Å². The molecule has 0 aromatic carbocycles. The summed E-state index contributed by atoms with van der Waals surface area (Å²) in [5.74, 6) is 0. The third kappa shape index (κ3) is 7.68. The van der Waals surface area contributed by atoms with Gasteiger partial charge in [-0.2, -0.15) is 0 Å². The van der Waals surface area contributed by atoms with Crippen LogP contribution in [-0.4, -0.2) is 12.6 Å². The highest BCUT2D eigenvalue weighted by Gasteiger charge is 2.00. The summed E-state index contributed by atoms with van der Waals surface area (Å²) in [7, 11) is 0. The van der Waals surface area contributed by atoms with Crippen LogP contribution in [-0.2, 0) is 0 Å². The van der Waals surface area contributed by atoms with Crippen LogP contribution in [0.3, 0.4) is 0 Å². The Hall–Kier alpha value is -0.960. The second kappa shape index (κ2) is 7.44. The van der Waals surface area contributed by atoms with Gasteiger partial charge in [0.15, 0.2) is 0 Å². The van der Waals surface area contributed by atoms with Crippen LogP contribution in [0.25, 0.3) is 0 Å². The van der Waals surface area contributed by atoms with Crippen LogP contribution < -0.4 is 16.8 Å². The van der Waals surface area contributed by atoms with E-state index >= 15 is 0 Å². The Morgan fingerprint density at radius 3 is 2.57 bits per heavy atom. The second-order valence-electron chi connectivity index (χ2n) is 3.79. The van der Waals surface area contributed by atoms with Crippen LogP contribution >= 0.6 is 0 Å². The van der Waals surface area contributed by atoms with Gasteiger partial charge in [-0.25, -0.2) is 0 Å². The molecule has 0 amide bonds. The number of allylic oxidation sites excluding steroid dienone is 1. The smallest absolute Gasteiger partial charge is 0.0248 e. The van der Waals surface area contributed by atoms with Gasteiger partial charge in [0.05, 0.1) is 0 Å². The average Bonchev–Trinajstić information content (AvgIpc) is 2.09. The molecule has 3 heteroatoms. The Balaban J connectivity index is 3.30. The Morgan fingerprint density at radius 2 is 2.07 bits per heavy atom. The number of nitrogens with two attached hydrogens (primary N) is 2. The van der Waals surface area contributed by atoms with Gasteiger partial charge in [0.2, 0.25) is 0 Å². The molecule has 0 aliphatic rings. The highest BCUT2D eigenvalue weighted by molar-refractivity contribution is 4.99. The molecule has 1 unspecified atom stereocenters. The normalized spacial score (nSPS) is 13.8. The Labute approximate surface area is 87.2 Å². The summed E-state index contributed by atoms with van der Waals surface area (Å²) in [6.07, 6.45) is 5.09.